The Bertz CT molecular complexity index is 1030. The Hall–Kier alpha value is -2.36. The zero-order valence-electron chi connectivity index (χ0n) is 13.3. The number of amides is 1. The maximum Gasteiger partial charge on any atom is 0.238 e. The number of carbonyl (C=O) groups is 1. The number of hydrogen-bond donors (Lipinski definition) is 3. The Balaban J connectivity index is 1.60. The van der Waals surface area contributed by atoms with Crippen LogP contribution in [0.25, 0.3) is 11.0 Å². The molecular formula is C16H16N4O3S2. The minimum absolute atomic E-state index is 0.00237. The quantitative estimate of drug-likeness (QED) is 0.590. The number of fused-ring (bicyclic) bond motifs is 1. The summed E-state index contributed by atoms with van der Waals surface area (Å²) in [5.74, 6) is -0.0413. The van der Waals surface area contributed by atoms with E-state index in [2.05, 4.69) is 15.3 Å². The molecule has 25 heavy (non-hydrogen) atoms. The molecule has 0 aliphatic heterocycles. The highest BCUT2D eigenvalue weighted by molar-refractivity contribution is 7.99. The van der Waals surface area contributed by atoms with Gasteiger partial charge >= 0.3 is 0 Å². The van der Waals surface area contributed by atoms with Crippen LogP contribution in [0, 0.1) is 6.92 Å². The van der Waals surface area contributed by atoms with Gasteiger partial charge in [0, 0.05) is 5.69 Å². The second kappa shape index (κ2) is 6.87. The fourth-order valence-electron chi connectivity index (χ4n) is 2.23. The average molecular weight is 376 g/mol. The number of rotatable bonds is 5. The number of nitrogens with one attached hydrogen (secondary N) is 2. The topological polar surface area (TPSA) is 118 Å². The van der Waals surface area contributed by atoms with Crippen molar-refractivity contribution in [1.29, 1.82) is 0 Å². The summed E-state index contributed by atoms with van der Waals surface area (Å²) in [6.45, 7) is 2.00. The summed E-state index contributed by atoms with van der Waals surface area (Å²) >= 11 is 1.29. The van der Waals surface area contributed by atoms with Crippen LogP contribution >= 0.6 is 11.8 Å². The highest BCUT2D eigenvalue weighted by Crippen LogP contribution is 2.21. The van der Waals surface area contributed by atoms with Crippen molar-refractivity contribution in [3.05, 3.63) is 48.0 Å². The summed E-state index contributed by atoms with van der Waals surface area (Å²) in [6.07, 6.45) is 0. The van der Waals surface area contributed by atoms with Crippen molar-refractivity contribution < 1.29 is 13.2 Å². The molecule has 1 heterocycles. The van der Waals surface area contributed by atoms with Gasteiger partial charge in [0.05, 0.1) is 21.7 Å². The summed E-state index contributed by atoms with van der Waals surface area (Å²) < 4.78 is 22.4. The predicted octanol–water partition coefficient (Wildman–Crippen LogP) is 2.25. The first-order valence-electron chi connectivity index (χ1n) is 7.33. The third-order valence-electron chi connectivity index (χ3n) is 3.42. The molecule has 0 fully saturated rings. The Labute approximate surface area is 149 Å². The molecule has 0 radical (unpaired) electrons. The number of benzene rings is 2. The SMILES string of the molecule is Cc1ccc2nc(SCC(=O)Nc3ccc(S(N)(=O)=O)cc3)[nH]c2c1. The lowest BCUT2D eigenvalue weighted by Gasteiger charge is -2.05. The van der Waals surface area contributed by atoms with E-state index in [0.29, 0.717) is 10.8 Å². The number of carbonyl (C=O) groups excluding carboxylic acids is 1. The van der Waals surface area contributed by atoms with Crippen LogP contribution in [0.3, 0.4) is 0 Å². The van der Waals surface area contributed by atoms with Gasteiger partial charge in [-0.15, -0.1) is 0 Å². The molecule has 0 aliphatic carbocycles. The summed E-state index contributed by atoms with van der Waals surface area (Å²) in [6, 6.07) is 11.6. The van der Waals surface area contributed by atoms with E-state index in [-0.39, 0.29) is 16.6 Å². The first-order valence-corrected chi connectivity index (χ1v) is 9.86. The molecular weight excluding hydrogens is 360 g/mol. The first kappa shape index (κ1) is 17.5. The van der Waals surface area contributed by atoms with Gasteiger partial charge in [-0.3, -0.25) is 4.79 Å². The minimum Gasteiger partial charge on any atom is -0.333 e. The number of primary sulfonamides is 1. The normalized spacial score (nSPS) is 11.6. The van der Waals surface area contributed by atoms with E-state index in [0.717, 1.165) is 16.6 Å². The van der Waals surface area contributed by atoms with Gasteiger partial charge in [0.2, 0.25) is 15.9 Å². The number of sulfonamides is 1. The second-order valence-corrected chi connectivity index (χ2v) is 7.99. The average Bonchev–Trinajstić information content (AvgIpc) is 2.94. The van der Waals surface area contributed by atoms with Crippen molar-refractivity contribution in [1.82, 2.24) is 9.97 Å². The van der Waals surface area contributed by atoms with Gasteiger partial charge in [0.15, 0.2) is 5.16 Å². The smallest absolute Gasteiger partial charge is 0.238 e. The molecule has 3 rings (SSSR count). The van der Waals surface area contributed by atoms with E-state index in [1.807, 2.05) is 25.1 Å². The van der Waals surface area contributed by atoms with Gasteiger partial charge in [-0.1, -0.05) is 17.8 Å². The molecule has 0 aliphatic rings. The third kappa shape index (κ3) is 4.38. The van der Waals surface area contributed by atoms with Gasteiger partial charge in [0.25, 0.3) is 0 Å². The number of nitrogens with zero attached hydrogens (tertiary/aromatic N) is 1. The number of hydrogen-bond acceptors (Lipinski definition) is 5. The number of aromatic nitrogens is 2. The molecule has 0 atom stereocenters. The number of nitrogens with two attached hydrogens (primary N) is 1. The highest BCUT2D eigenvalue weighted by atomic mass is 32.2. The van der Waals surface area contributed by atoms with Crippen LogP contribution in [-0.2, 0) is 14.8 Å². The predicted molar refractivity (Wildman–Crippen MR) is 98.0 cm³/mol. The molecule has 0 saturated heterocycles. The van der Waals surface area contributed by atoms with Crippen LogP contribution in [0.5, 0.6) is 0 Å². The molecule has 130 valence electrons. The molecule has 0 spiro atoms. The standard InChI is InChI=1S/C16H16N4O3S2/c1-10-2-7-13-14(8-10)20-16(19-13)24-9-15(21)18-11-3-5-12(6-4-11)25(17,22)23/h2-8H,9H2,1H3,(H,18,21)(H,19,20)(H2,17,22,23). The molecule has 9 heteroatoms. The molecule has 7 nitrogen and oxygen atoms in total. The number of H-pyrrole nitrogens is 1. The lowest BCUT2D eigenvalue weighted by atomic mass is 10.2. The third-order valence-corrected chi connectivity index (χ3v) is 5.22. The summed E-state index contributed by atoms with van der Waals surface area (Å²) in [5.41, 5.74) is 3.42. The fraction of sp³-hybridized carbons (Fsp3) is 0.125. The molecule has 3 aromatic rings. The van der Waals surface area contributed by atoms with Gasteiger partial charge in [-0.25, -0.2) is 18.5 Å². The van der Waals surface area contributed by atoms with Gasteiger partial charge < -0.3 is 10.3 Å². The van der Waals surface area contributed by atoms with E-state index in [9.17, 15) is 13.2 Å². The van der Waals surface area contributed by atoms with Crippen LogP contribution in [0.4, 0.5) is 5.69 Å². The van der Waals surface area contributed by atoms with Gasteiger partial charge in [-0.2, -0.15) is 0 Å². The van der Waals surface area contributed by atoms with Crippen LogP contribution in [0.15, 0.2) is 52.5 Å². The molecule has 2 aromatic carbocycles. The van der Waals surface area contributed by atoms with E-state index in [1.165, 1.54) is 36.0 Å². The van der Waals surface area contributed by atoms with Crippen LogP contribution in [0.2, 0.25) is 0 Å². The van der Waals surface area contributed by atoms with Crippen molar-refractivity contribution in [2.45, 2.75) is 17.0 Å². The van der Waals surface area contributed by atoms with Gasteiger partial charge in [0.1, 0.15) is 0 Å². The summed E-state index contributed by atoms with van der Waals surface area (Å²) in [5, 5.41) is 8.40. The lowest BCUT2D eigenvalue weighted by molar-refractivity contribution is -0.113. The Kier molecular flexibility index (Phi) is 4.80. The molecule has 0 bridgehead atoms. The van der Waals surface area contributed by atoms with Crippen LogP contribution in [-0.4, -0.2) is 30.0 Å². The minimum atomic E-state index is -3.74. The fourth-order valence-corrected chi connectivity index (χ4v) is 3.43. The monoisotopic (exact) mass is 376 g/mol. The van der Waals surface area contributed by atoms with Crippen molar-refractivity contribution in [3.8, 4) is 0 Å². The zero-order valence-corrected chi connectivity index (χ0v) is 14.9. The number of aryl methyl sites for hydroxylation is 1. The number of aromatic amines is 1. The van der Waals surface area contributed by atoms with Gasteiger partial charge in [-0.05, 0) is 48.9 Å². The maximum atomic E-state index is 12.0. The van der Waals surface area contributed by atoms with Crippen molar-refractivity contribution >= 4 is 44.4 Å². The maximum absolute atomic E-state index is 12.0. The number of thioether (sulfide) groups is 1. The van der Waals surface area contributed by atoms with Crippen molar-refractivity contribution in [2.24, 2.45) is 5.14 Å². The molecule has 0 saturated carbocycles. The van der Waals surface area contributed by atoms with Crippen LogP contribution < -0.4 is 10.5 Å². The van der Waals surface area contributed by atoms with Crippen molar-refractivity contribution in [3.63, 3.8) is 0 Å². The first-order chi connectivity index (χ1) is 11.8. The molecule has 0 unspecified atom stereocenters. The number of imidazole rings is 1. The van der Waals surface area contributed by atoms with E-state index >= 15 is 0 Å². The second-order valence-electron chi connectivity index (χ2n) is 5.47. The number of anilines is 1. The Morgan fingerprint density at radius 3 is 2.64 bits per heavy atom. The van der Waals surface area contributed by atoms with Crippen molar-refractivity contribution in [2.75, 3.05) is 11.1 Å². The van der Waals surface area contributed by atoms with E-state index in [1.54, 1.807) is 0 Å². The lowest BCUT2D eigenvalue weighted by Crippen LogP contribution is -2.15. The largest absolute Gasteiger partial charge is 0.333 e. The Morgan fingerprint density at radius 1 is 1.24 bits per heavy atom. The van der Waals surface area contributed by atoms with E-state index in [4.69, 9.17) is 5.14 Å². The zero-order chi connectivity index (χ0) is 18.0. The van der Waals surface area contributed by atoms with E-state index < -0.39 is 10.0 Å². The summed E-state index contributed by atoms with van der Waals surface area (Å²) in [7, 11) is -3.74. The molecule has 1 amide bonds. The highest BCUT2D eigenvalue weighted by Gasteiger charge is 2.10. The summed E-state index contributed by atoms with van der Waals surface area (Å²) in [4.78, 5) is 19.6. The molecule has 1 aromatic heterocycles. The molecule has 4 N–H and O–H groups in total. The Morgan fingerprint density at radius 2 is 1.96 bits per heavy atom. The van der Waals surface area contributed by atoms with Crippen LogP contribution in [0.1, 0.15) is 5.56 Å².